The Morgan fingerprint density at radius 3 is 1.89 bits per heavy atom. The van der Waals surface area contributed by atoms with Gasteiger partial charge in [0.15, 0.2) is 0 Å². The Labute approximate surface area is 215 Å². The molecular weight excluding hydrogens is 432 g/mol. The van der Waals surface area contributed by atoms with E-state index in [1.807, 2.05) is 0 Å². The molecule has 5 aromatic rings. The van der Waals surface area contributed by atoms with E-state index in [1.165, 1.54) is 55.6 Å². The number of hydrogen-bond donors (Lipinski definition) is 0. The molecule has 0 aromatic heterocycles. The highest BCUT2D eigenvalue weighted by atomic mass is 14.4. The van der Waals surface area contributed by atoms with Crippen LogP contribution >= 0.6 is 0 Å². The first-order chi connectivity index (χ1) is 17.6. The first kappa shape index (κ1) is 22.6. The van der Waals surface area contributed by atoms with Gasteiger partial charge in [0.25, 0.3) is 0 Å². The molecule has 1 aliphatic rings. The summed E-state index contributed by atoms with van der Waals surface area (Å²) >= 11 is 0. The fraction of sp³-hybridized carbons (Fsp3) is 0.167. The fourth-order valence-corrected chi connectivity index (χ4v) is 6.13. The Bertz CT molecular complexity index is 1520. The van der Waals surface area contributed by atoms with Crippen LogP contribution < -0.4 is 0 Å². The largest absolute Gasteiger partial charge is 0.0645 e. The third kappa shape index (κ3) is 3.69. The van der Waals surface area contributed by atoms with E-state index in [0.29, 0.717) is 5.92 Å². The van der Waals surface area contributed by atoms with Crippen LogP contribution in [-0.2, 0) is 5.41 Å². The van der Waals surface area contributed by atoms with Crippen molar-refractivity contribution in [3.8, 4) is 33.4 Å². The van der Waals surface area contributed by atoms with E-state index in [4.69, 9.17) is 0 Å². The van der Waals surface area contributed by atoms with Gasteiger partial charge in [0.05, 0.1) is 0 Å². The van der Waals surface area contributed by atoms with Crippen molar-refractivity contribution >= 4 is 0 Å². The van der Waals surface area contributed by atoms with Crippen molar-refractivity contribution in [2.45, 2.75) is 38.5 Å². The predicted octanol–water partition coefficient (Wildman–Crippen LogP) is 9.87. The summed E-state index contributed by atoms with van der Waals surface area (Å²) in [7, 11) is 0. The summed E-state index contributed by atoms with van der Waals surface area (Å²) in [5, 5.41) is 0. The van der Waals surface area contributed by atoms with Crippen LogP contribution in [0.5, 0.6) is 0 Å². The van der Waals surface area contributed by atoms with Crippen molar-refractivity contribution in [3.63, 3.8) is 0 Å². The lowest BCUT2D eigenvalue weighted by atomic mass is 9.80. The second kappa shape index (κ2) is 8.95. The third-order valence-electron chi connectivity index (χ3n) is 8.04. The van der Waals surface area contributed by atoms with Gasteiger partial charge in [-0.25, -0.2) is 0 Å². The summed E-state index contributed by atoms with van der Waals surface area (Å²) in [6.07, 6.45) is 1.05. The van der Waals surface area contributed by atoms with Gasteiger partial charge < -0.3 is 0 Å². The van der Waals surface area contributed by atoms with Crippen molar-refractivity contribution in [3.05, 3.63) is 144 Å². The zero-order valence-electron chi connectivity index (χ0n) is 21.3. The van der Waals surface area contributed by atoms with E-state index in [0.717, 1.165) is 6.42 Å². The molecule has 0 N–H and O–H groups in total. The van der Waals surface area contributed by atoms with Gasteiger partial charge in [0, 0.05) is 11.3 Å². The number of fused-ring (bicyclic) bond motifs is 3. The summed E-state index contributed by atoms with van der Waals surface area (Å²) in [5.41, 5.74) is 13.6. The summed E-state index contributed by atoms with van der Waals surface area (Å²) in [6.45, 7) is 7.02. The summed E-state index contributed by atoms with van der Waals surface area (Å²) in [6, 6.07) is 44.8. The fourth-order valence-electron chi connectivity index (χ4n) is 6.13. The van der Waals surface area contributed by atoms with Crippen LogP contribution in [0.1, 0.15) is 55.4 Å². The van der Waals surface area contributed by atoms with Gasteiger partial charge in [-0.15, -0.1) is 0 Å². The summed E-state index contributed by atoms with van der Waals surface area (Å²) in [4.78, 5) is 0. The van der Waals surface area contributed by atoms with Crippen molar-refractivity contribution < 1.29 is 0 Å². The summed E-state index contributed by atoms with van der Waals surface area (Å²) < 4.78 is 0. The first-order valence-corrected chi connectivity index (χ1v) is 13.1. The number of benzene rings is 5. The van der Waals surface area contributed by atoms with E-state index in [1.54, 1.807) is 0 Å². The number of rotatable bonds is 5. The van der Waals surface area contributed by atoms with Crippen LogP contribution in [0.2, 0.25) is 0 Å². The molecule has 1 atom stereocenters. The molecule has 0 spiro atoms. The molecule has 1 aliphatic carbocycles. The molecular formula is C36H32. The topological polar surface area (TPSA) is 0 Å². The molecule has 6 rings (SSSR count). The van der Waals surface area contributed by atoms with Gasteiger partial charge in [-0.05, 0) is 68.1 Å². The minimum absolute atomic E-state index is 0.0404. The second-order valence-electron chi connectivity index (χ2n) is 10.5. The first-order valence-electron chi connectivity index (χ1n) is 13.1. The highest BCUT2D eigenvalue weighted by Gasteiger charge is 2.35. The molecule has 0 nitrogen and oxygen atoms in total. The zero-order chi connectivity index (χ0) is 24.7. The Balaban J connectivity index is 1.50. The summed E-state index contributed by atoms with van der Waals surface area (Å²) in [5.74, 6) is 0.325. The van der Waals surface area contributed by atoms with Gasteiger partial charge >= 0.3 is 0 Å². The Kier molecular flexibility index (Phi) is 5.61. The second-order valence-corrected chi connectivity index (χ2v) is 10.5. The minimum Gasteiger partial charge on any atom is -0.0645 e. The molecule has 36 heavy (non-hydrogen) atoms. The molecule has 0 bridgehead atoms. The van der Waals surface area contributed by atoms with E-state index < -0.39 is 0 Å². The van der Waals surface area contributed by atoms with Crippen molar-refractivity contribution in [2.75, 3.05) is 0 Å². The van der Waals surface area contributed by atoms with Gasteiger partial charge in [-0.1, -0.05) is 136 Å². The molecule has 0 fully saturated rings. The quantitative estimate of drug-likeness (QED) is 0.243. The lowest BCUT2D eigenvalue weighted by molar-refractivity contribution is 0.659. The zero-order valence-corrected chi connectivity index (χ0v) is 21.3. The average Bonchev–Trinajstić information content (AvgIpc) is 3.16. The molecule has 1 unspecified atom stereocenters. The van der Waals surface area contributed by atoms with Crippen LogP contribution in [0.4, 0.5) is 0 Å². The van der Waals surface area contributed by atoms with Crippen LogP contribution in [0.3, 0.4) is 0 Å². The van der Waals surface area contributed by atoms with Crippen LogP contribution in [0.15, 0.2) is 121 Å². The third-order valence-corrected chi connectivity index (χ3v) is 8.04. The maximum absolute atomic E-state index is 2.47. The lowest BCUT2D eigenvalue weighted by Crippen LogP contribution is -2.15. The van der Waals surface area contributed by atoms with Crippen LogP contribution in [0, 0.1) is 0 Å². The lowest BCUT2D eigenvalue weighted by Gasteiger charge is -2.24. The average molecular weight is 465 g/mol. The minimum atomic E-state index is 0.0404. The smallest absolute Gasteiger partial charge is 0.0158 e. The van der Waals surface area contributed by atoms with Crippen molar-refractivity contribution in [1.82, 2.24) is 0 Å². The highest BCUT2D eigenvalue weighted by Crippen LogP contribution is 2.50. The Morgan fingerprint density at radius 1 is 0.528 bits per heavy atom. The van der Waals surface area contributed by atoms with Crippen molar-refractivity contribution in [1.29, 1.82) is 0 Å². The van der Waals surface area contributed by atoms with E-state index in [2.05, 4.69) is 142 Å². The number of hydrogen-bond acceptors (Lipinski definition) is 0. The van der Waals surface area contributed by atoms with Gasteiger partial charge in [0.1, 0.15) is 0 Å². The van der Waals surface area contributed by atoms with Gasteiger partial charge in [-0.2, -0.15) is 0 Å². The highest BCUT2D eigenvalue weighted by molar-refractivity contribution is 5.82. The standard InChI is InChI=1S/C36H32/c1-4-29(28-20-22-35-33(24-28)31-17-11-12-18-34(31)36(35,2)3)30-21-19-27(25-13-7-5-8-14-25)23-32(30)26-15-9-6-10-16-26/h5-24,29H,4H2,1-3H3. The van der Waals surface area contributed by atoms with Gasteiger partial charge in [0.2, 0.25) is 0 Å². The molecule has 0 heteroatoms. The monoisotopic (exact) mass is 464 g/mol. The molecule has 0 aliphatic heterocycles. The normalized spacial score (nSPS) is 14.2. The van der Waals surface area contributed by atoms with Crippen molar-refractivity contribution in [2.24, 2.45) is 0 Å². The van der Waals surface area contributed by atoms with Crippen LogP contribution in [0.25, 0.3) is 33.4 Å². The molecule has 0 heterocycles. The van der Waals surface area contributed by atoms with E-state index in [-0.39, 0.29) is 5.41 Å². The maximum atomic E-state index is 2.47. The van der Waals surface area contributed by atoms with E-state index >= 15 is 0 Å². The molecule has 176 valence electrons. The Morgan fingerprint density at radius 2 is 1.17 bits per heavy atom. The van der Waals surface area contributed by atoms with Crippen LogP contribution in [-0.4, -0.2) is 0 Å². The molecule has 0 saturated carbocycles. The molecule has 5 aromatic carbocycles. The van der Waals surface area contributed by atoms with Gasteiger partial charge in [-0.3, -0.25) is 0 Å². The molecule has 0 amide bonds. The molecule has 0 radical (unpaired) electrons. The SMILES string of the molecule is CCC(c1ccc2c(c1)-c1ccccc1C2(C)C)c1ccc(-c2ccccc2)cc1-c1ccccc1. The maximum Gasteiger partial charge on any atom is 0.0158 e. The molecule has 0 saturated heterocycles. The van der Waals surface area contributed by atoms with E-state index in [9.17, 15) is 0 Å². The predicted molar refractivity (Wildman–Crippen MR) is 153 cm³/mol. The Hall–Kier alpha value is -3.90.